The predicted octanol–water partition coefficient (Wildman–Crippen LogP) is 4.07. The van der Waals surface area contributed by atoms with Crippen molar-refractivity contribution < 1.29 is 14.4 Å². The highest BCUT2D eigenvalue weighted by molar-refractivity contribution is 9.10. The van der Waals surface area contributed by atoms with Gasteiger partial charge in [-0.25, -0.2) is 4.79 Å². The normalized spacial score (nSPS) is 16.6. The van der Waals surface area contributed by atoms with Gasteiger partial charge in [-0.2, -0.15) is 0 Å². The number of carbonyl (C=O) groups is 2. The molecule has 0 fully saturated rings. The summed E-state index contributed by atoms with van der Waals surface area (Å²) in [5.41, 5.74) is 2.23. The second-order valence-electron chi connectivity index (χ2n) is 5.28. The first kappa shape index (κ1) is 16.4. The number of ketones is 1. The molecule has 4 nitrogen and oxygen atoms in total. The molecule has 114 valence electrons. The highest BCUT2D eigenvalue weighted by Gasteiger charge is 2.20. The van der Waals surface area contributed by atoms with Crippen LogP contribution in [0.3, 0.4) is 0 Å². The molecule has 2 rings (SSSR count). The van der Waals surface area contributed by atoms with E-state index in [-0.39, 0.29) is 11.7 Å². The topological polar surface area (TPSA) is 55.7 Å². The van der Waals surface area contributed by atoms with Crippen LogP contribution in [0.5, 0.6) is 0 Å². The lowest BCUT2D eigenvalue weighted by Crippen LogP contribution is -2.16. The standard InChI is InChI=1S/C17H16BrNO3/c1-10(2)13-9-16(20)11(3)8-15(13)19-22-17(21)12-6-4-5-7-14(12)18/h4-10H,1-3H3/b19-15-. The summed E-state index contributed by atoms with van der Waals surface area (Å²) in [6.45, 7) is 5.62. The number of hydrogen-bond acceptors (Lipinski definition) is 4. The average Bonchev–Trinajstić information content (AvgIpc) is 2.48. The molecule has 0 aromatic heterocycles. The molecule has 22 heavy (non-hydrogen) atoms. The molecular weight excluding hydrogens is 346 g/mol. The number of halogens is 1. The summed E-state index contributed by atoms with van der Waals surface area (Å²) in [5, 5.41) is 3.94. The Bertz CT molecular complexity index is 714. The highest BCUT2D eigenvalue weighted by Crippen LogP contribution is 2.21. The number of nitrogens with zero attached hydrogens (tertiary/aromatic N) is 1. The van der Waals surface area contributed by atoms with Crippen molar-refractivity contribution in [2.24, 2.45) is 11.1 Å². The molecule has 1 aliphatic rings. The first-order valence-corrected chi connectivity index (χ1v) is 7.68. The fourth-order valence-corrected chi connectivity index (χ4v) is 2.44. The lowest BCUT2D eigenvalue weighted by atomic mass is 9.90. The Kier molecular flexibility index (Phi) is 5.08. The average molecular weight is 362 g/mol. The van der Waals surface area contributed by atoms with Crippen molar-refractivity contribution in [1.29, 1.82) is 0 Å². The van der Waals surface area contributed by atoms with Gasteiger partial charge in [0.05, 0.1) is 5.56 Å². The minimum atomic E-state index is -0.550. The Morgan fingerprint density at radius 3 is 2.55 bits per heavy atom. The van der Waals surface area contributed by atoms with Crippen LogP contribution in [-0.4, -0.2) is 17.5 Å². The van der Waals surface area contributed by atoms with E-state index in [0.717, 1.165) is 5.57 Å². The van der Waals surface area contributed by atoms with E-state index >= 15 is 0 Å². The summed E-state index contributed by atoms with van der Waals surface area (Å²) < 4.78 is 0.644. The van der Waals surface area contributed by atoms with Gasteiger partial charge in [0.15, 0.2) is 5.78 Å². The zero-order chi connectivity index (χ0) is 16.3. The van der Waals surface area contributed by atoms with Gasteiger partial charge in [0.1, 0.15) is 5.71 Å². The Morgan fingerprint density at radius 1 is 1.23 bits per heavy atom. The van der Waals surface area contributed by atoms with E-state index in [0.29, 0.717) is 21.3 Å². The van der Waals surface area contributed by atoms with Crippen LogP contribution in [0.2, 0.25) is 0 Å². The number of carbonyl (C=O) groups excluding carboxylic acids is 2. The molecule has 0 saturated carbocycles. The summed E-state index contributed by atoms with van der Waals surface area (Å²) >= 11 is 3.30. The third-order valence-corrected chi connectivity index (χ3v) is 3.96. The quantitative estimate of drug-likeness (QED) is 0.463. The Hall–Kier alpha value is -2.01. The van der Waals surface area contributed by atoms with E-state index in [4.69, 9.17) is 4.84 Å². The van der Waals surface area contributed by atoms with Crippen LogP contribution in [0, 0.1) is 5.92 Å². The van der Waals surface area contributed by atoms with Crippen LogP contribution in [0.4, 0.5) is 0 Å². The zero-order valence-corrected chi connectivity index (χ0v) is 14.2. The van der Waals surface area contributed by atoms with E-state index in [9.17, 15) is 9.59 Å². The molecule has 0 bridgehead atoms. The zero-order valence-electron chi connectivity index (χ0n) is 12.6. The van der Waals surface area contributed by atoms with Gasteiger partial charge in [-0.05, 0) is 64.2 Å². The van der Waals surface area contributed by atoms with Crippen LogP contribution in [0.25, 0.3) is 0 Å². The molecule has 1 aromatic rings. The molecule has 0 spiro atoms. The maximum absolute atomic E-state index is 12.1. The molecule has 0 heterocycles. The molecule has 0 radical (unpaired) electrons. The van der Waals surface area contributed by atoms with Gasteiger partial charge in [0.25, 0.3) is 0 Å². The maximum atomic E-state index is 12.1. The molecule has 5 heteroatoms. The molecule has 1 aliphatic carbocycles. The third-order valence-electron chi connectivity index (χ3n) is 3.27. The van der Waals surface area contributed by atoms with E-state index in [1.807, 2.05) is 19.9 Å². The van der Waals surface area contributed by atoms with Gasteiger partial charge in [-0.1, -0.05) is 31.1 Å². The van der Waals surface area contributed by atoms with E-state index in [1.165, 1.54) is 0 Å². The molecule has 0 aliphatic heterocycles. The first-order chi connectivity index (χ1) is 10.4. The maximum Gasteiger partial charge on any atom is 0.366 e. The summed E-state index contributed by atoms with van der Waals surface area (Å²) in [4.78, 5) is 28.8. The fraction of sp³-hybridized carbons (Fsp3) is 0.235. The van der Waals surface area contributed by atoms with Crippen molar-refractivity contribution in [2.75, 3.05) is 0 Å². The summed E-state index contributed by atoms with van der Waals surface area (Å²) in [5.74, 6) is -0.486. The third kappa shape index (κ3) is 3.60. The Morgan fingerprint density at radius 2 is 1.91 bits per heavy atom. The SMILES string of the molecule is CC1=C/C(=N/OC(=O)c2ccccc2Br)C(C(C)C)=CC1=O. The predicted molar refractivity (Wildman–Crippen MR) is 88.7 cm³/mol. The van der Waals surface area contributed by atoms with Crippen LogP contribution in [0.15, 0.2) is 57.2 Å². The van der Waals surface area contributed by atoms with Crippen molar-refractivity contribution in [1.82, 2.24) is 0 Å². The molecule has 0 amide bonds. The lowest BCUT2D eigenvalue weighted by molar-refractivity contribution is -0.111. The van der Waals surface area contributed by atoms with E-state index in [2.05, 4.69) is 21.1 Å². The second-order valence-corrected chi connectivity index (χ2v) is 6.14. The van der Waals surface area contributed by atoms with Crippen molar-refractivity contribution in [2.45, 2.75) is 20.8 Å². The molecule has 1 aromatic carbocycles. The van der Waals surface area contributed by atoms with Crippen molar-refractivity contribution in [3.05, 3.63) is 57.6 Å². The van der Waals surface area contributed by atoms with Crippen LogP contribution in [0.1, 0.15) is 31.1 Å². The fourth-order valence-electron chi connectivity index (χ4n) is 2.00. The second kappa shape index (κ2) is 6.83. The number of benzene rings is 1. The van der Waals surface area contributed by atoms with Gasteiger partial charge < -0.3 is 4.84 Å². The van der Waals surface area contributed by atoms with E-state index in [1.54, 1.807) is 37.3 Å². The number of hydrogen-bond donors (Lipinski definition) is 0. The van der Waals surface area contributed by atoms with Gasteiger partial charge in [0, 0.05) is 4.47 Å². The molecular formula is C17H16BrNO3. The summed E-state index contributed by atoms with van der Waals surface area (Å²) in [6, 6.07) is 6.96. The minimum absolute atomic E-state index is 0.0419. The Balaban J connectivity index is 2.25. The smallest absolute Gasteiger partial charge is 0.312 e. The van der Waals surface area contributed by atoms with Gasteiger partial charge >= 0.3 is 5.97 Å². The number of rotatable bonds is 3. The monoisotopic (exact) mass is 361 g/mol. The Labute approximate surface area is 137 Å². The van der Waals surface area contributed by atoms with Crippen LogP contribution < -0.4 is 0 Å². The van der Waals surface area contributed by atoms with Crippen molar-refractivity contribution in [3.63, 3.8) is 0 Å². The van der Waals surface area contributed by atoms with Gasteiger partial charge in [-0.15, -0.1) is 0 Å². The summed E-state index contributed by atoms with van der Waals surface area (Å²) in [7, 11) is 0. The first-order valence-electron chi connectivity index (χ1n) is 6.88. The molecule has 0 unspecified atom stereocenters. The van der Waals surface area contributed by atoms with Crippen LogP contribution >= 0.6 is 15.9 Å². The van der Waals surface area contributed by atoms with E-state index < -0.39 is 5.97 Å². The number of oxime groups is 1. The van der Waals surface area contributed by atoms with Crippen molar-refractivity contribution in [3.8, 4) is 0 Å². The summed E-state index contributed by atoms with van der Waals surface area (Å²) in [6.07, 6.45) is 3.19. The minimum Gasteiger partial charge on any atom is -0.312 e. The molecule has 0 saturated heterocycles. The molecule has 0 N–H and O–H groups in total. The molecule has 0 atom stereocenters. The van der Waals surface area contributed by atoms with Gasteiger partial charge in [0.2, 0.25) is 0 Å². The van der Waals surface area contributed by atoms with Gasteiger partial charge in [-0.3, -0.25) is 4.79 Å². The van der Waals surface area contributed by atoms with Crippen LogP contribution in [-0.2, 0) is 9.63 Å². The highest BCUT2D eigenvalue weighted by atomic mass is 79.9. The largest absolute Gasteiger partial charge is 0.366 e. The van der Waals surface area contributed by atoms with Crippen molar-refractivity contribution >= 4 is 33.4 Å². The number of allylic oxidation sites excluding steroid dienone is 4. The lowest BCUT2D eigenvalue weighted by Gasteiger charge is -2.15.